The van der Waals surface area contributed by atoms with E-state index in [1.807, 2.05) is 0 Å². The van der Waals surface area contributed by atoms with E-state index in [0.717, 1.165) is 31.0 Å². The molecule has 2 aliphatic rings. The van der Waals surface area contributed by atoms with E-state index in [0.29, 0.717) is 17.5 Å². The molecule has 2 fully saturated rings. The maximum atomic E-state index is 13.9. The first-order valence-corrected chi connectivity index (χ1v) is 9.92. The second kappa shape index (κ2) is 8.05. The molecule has 5 heteroatoms. The Hall–Kier alpha value is -1.46. The van der Waals surface area contributed by atoms with Gasteiger partial charge in [-0.2, -0.15) is 0 Å². The lowest BCUT2D eigenvalue weighted by atomic mass is 9.67. The second-order valence-corrected chi connectivity index (χ2v) is 8.51. The summed E-state index contributed by atoms with van der Waals surface area (Å²) in [6.45, 7) is 5.62. The molecule has 2 N–H and O–H groups in total. The Balaban J connectivity index is 1.76. The van der Waals surface area contributed by atoms with E-state index in [1.54, 1.807) is 11.5 Å². The number of rotatable bonds is 4. The van der Waals surface area contributed by atoms with Gasteiger partial charge in [-0.25, -0.2) is 9.87 Å². The normalized spacial score (nSPS) is 23.3. The van der Waals surface area contributed by atoms with E-state index in [4.69, 9.17) is 5.21 Å². The highest BCUT2D eigenvalue weighted by Gasteiger charge is 2.40. The Morgan fingerprint density at radius 3 is 2.65 bits per heavy atom. The van der Waals surface area contributed by atoms with Gasteiger partial charge in [-0.05, 0) is 75.1 Å². The molecule has 0 radical (unpaired) electrons. The van der Waals surface area contributed by atoms with Gasteiger partial charge >= 0.3 is 0 Å². The van der Waals surface area contributed by atoms with Crippen LogP contribution in [-0.2, 0) is 6.42 Å². The predicted molar refractivity (Wildman–Crippen MR) is 99.7 cm³/mol. The van der Waals surface area contributed by atoms with Gasteiger partial charge in [0, 0.05) is 24.2 Å². The number of piperidine rings is 1. The fourth-order valence-electron chi connectivity index (χ4n) is 5.00. The Labute approximate surface area is 155 Å². The molecule has 0 unspecified atom stereocenters. The van der Waals surface area contributed by atoms with Crippen LogP contribution in [0.1, 0.15) is 74.7 Å². The zero-order valence-corrected chi connectivity index (χ0v) is 15.9. The van der Waals surface area contributed by atoms with Gasteiger partial charge in [-0.3, -0.25) is 14.9 Å². The second-order valence-electron chi connectivity index (χ2n) is 8.51. The molecular formula is C21H31FN2O2. The smallest absolute Gasteiger partial charge is 0.274 e. The maximum absolute atomic E-state index is 13.9. The molecule has 3 rings (SSSR count). The quantitative estimate of drug-likeness (QED) is 0.620. The topological polar surface area (TPSA) is 52.6 Å². The van der Waals surface area contributed by atoms with Crippen LogP contribution < -0.4 is 5.48 Å². The summed E-state index contributed by atoms with van der Waals surface area (Å²) in [6, 6.07) is 5.19. The summed E-state index contributed by atoms with van der Waals surface area (Å²) in [4.78, 5) is 14.2. The molecule has 0 aromatic heterocycles. The first kappa shape index (κ1) is 19.3. The monoisotopic (exact) mass is 362 g/mol. The molecule has 1 aliphatic carbocycles. The van der Waals surface area contributed by atoms with Crippen molar-refractivity contribution in [3.8, 4) is 0 Å². The van der Waals surface area contributed by atoms with Gasteiger partial charge in [0.2, 0.25) is 0 Å². The number of nitrogens with one attached hydrogen (secondary N) is 1. The molecule has 1 aliphatic heterocycles. The third-order valence-corrected chi connectivity index (χ3v) is 6.37. The number of hydroxylamine groups is 1. The van der Waals surface area contributed by atoms with Crippen LogP contribution in [0.4, 0.5) is 4.39 Å². The van der Waals surface area contributed by atoms with Crippen LogP contribution in [0.25, 0.3) is 0 Å². The highest BCUT2D eigenvalue weighted by Crippen LogP contribution is 2.45. The molecule has 1 saturated heterocycles. The third-order valence-electron chi connectivity index (χ3n) is 6.37. The minimum Gasteiger partial charge on any atom is -0.297 e. The molecule has 1 amide bonds. The number of hydrogen-bond donors (Lipinski definition) is 2. The van der Waals surface area contributed by atoms with Crippen molar-refractivity contribution in [1.82, 2.24) is 10.4 Å². The number of likely N-dealkylation sites (tertiary alicyclic amines) is 1. The van der Waals surface area contributed by atoms with Crippen LogP contribution in [0, 0.1) is 11.2 Å². The number of halogens is 1. The highest BCUT2D eigenvalue weighted by atomic mass is 19.1. The molecule has 0 bridgehead atoms. The van der Waals surface area contributed by atoms with Crippen LogP contribution in [0.3, 0.4) is 0 Å². The van der Waals surface area contributed by atoms with Crippen molar-refractivity contribution in [2.75, 3.05) is 6.54 Å². The van der Waals surface area contributed by atoms with Gasteiger partial charge < -0.3 is 0 Å². The van der Waals surface area contributed by atoms with Gasteiger partial charge in [0.25, 0.3) is 5.91 Å². The van der Waals surface area contributed by atoms with Gasteiger partial charge in [0.1, 0.15) is 5.82 Å². The van der Waals surface area contributed by atoms with Crippen LogP contribution in [0.5, 0.6) is 0 Å². The van der Waals surface area contributed by atoms with Crippen molar-refractivity contribution in [1.29, 1.82) is 0 Å². The number of hydrogen-bond acceptors (Lipinski definition) is 3. The van der Waals surface area contributed by atoms with Crippen molar-refractivity contribution in [3.63, 3.8) is 0 Å². The summed E-state index contributed by atoms with van der Waals surface area (Å²) < 4.78 is 13.9. The summed E-state index contributed by atoms with van der Waals surface area (Å²) in [5.41, 5.74) is 3.05. The average Bonchev–Trinajstić information content (AvgIpc) is 2.63. The van der Waals surface area contributed by atoms with E-state index in [2.05, 4.69) is 18.7 Å². The van der Waals surface area contributed by atoms with Crippen molar-refractivity contribution in [2.24, 2.45) is 5.41 Å². The highest BCUT2D eigenvalue weighted by molar-refractivity contribution is 5.93. The zero-order chi connectivity index (χ0) is 18.7. The number of carbonyl (C=O) groups excluding carboxylic acids is 1. The minimum absolute atomic E-state index is 0.165. The summed E-state index contributed by atoms with van der Waals surface area (Å²) in [5.74, 6) is -1.10. The van der Waals surface area contributed by atoms with E-state index in [9.17, 15) is 9.18 Å². The Kier molecular flexibility index (Phi) is 5.98. The van der Waals surface area contributed by atoms with E-state index in [1.165, 1.54) is 44.6 Å². The Bertz CT molecular complexity index is 641. The maximum Gasteiger partial charge on any atom is 0.274 e. The lowest BCUT2D eigenvalue weighted by molar-refractivity contribution is -0.00201. The van der Waals surface area contributed by atoms with E-state index in [-0.39, 0.29) is 5.56 Å². The van der Waals surface area contributed by atoms with Crippen molar-refractivity contribution >= 4 is 5.91 Å². The number of carbonyl (C=O) groups is 1. The van der Waals surface area contributed by atoms with Crippen molar-refractivity contribution in [2.45, 2.75) is 77.3 Å². The molecule has 144 valence electrons. The third kappa shape index (κ3) is 4.26. The zero-order valence-electron chi connectivity index (χ0n) is 15.9. The predicted octanol–water partition coefficient (Wildman–Crippen LogP) is 4.31. The van der Waals surface area contributed by atoms with E-state index >= 15 is 0 Å². The largest absolute Gasteiger partial charge is 0.297 e. The fourth-order valence-corrected chi connectivity index (χ4v) is 5.00. The molecule has 1 saturated carbocycles. The van der Waals surface area contributed by atoms with Crippen molar-refractivity contribution in [3.05, 3.63) is 35.1 Å². The summed E-state index contributed by atoms with van der Waals surface area (Å²) in [6.07, 6.45) is 9.84. The lowest BCUT2D eigenvalue weighted by Crippen LogP contribution is -2.53. The summed E-state index contributed by atoms with van der Waals surface area (Å²) in [5, 5.41) is 8.82. The van der Waals surface area contributed by atoms with Crippen LogP contribution >= 0.6 is 0 Å². The fraction of sp³-hybridized carbons (Fsp3) is 0.667. The summed E-state index contributed by atoms with van der Waals surface area (Å²) >= 11 is 0. The van der Waals surface area contributed by atoms with Gasteiger partial charge in [-0.15, -0.1) is 0 Å². The Morgan fingerprint density at radius 2 is 2.00 bits per heavy atom. The number of nitrogens with zero attached hydrogens (tertiary/aromatic N) is 1. The standard InChI is InChI=1S/C21H31FN2O2/c1-15(2)24-14-21(7-4-3-5-8-21)9-6-19(24)12-16-10-17(20(25)23-26)13-18(22)11-16/h10-11,13,15,19,26H,3-9,12,14H2,1-2H3,(H,23,25)/t19-/m0/s1. The van der Waals surface area contributed by atoms with Crippen LogP contribution in [0.2, 0.25) is 0 Å². The molecule has 4 nitrogen and oxygen atoms in total. The Morgan fingerprint density at radius 1 is 1.27 bits per heavy atom. The SMILES string of the molecule is CC(C)N1CC2(CCCCC2)CC[C@H]1Cc1cc(F)cc(C(=O)NO)c1. The van der Waals surface area contributed by atoms with Crippen LogP contribution in [-0.4, -0.2) is 34.6 Å². The minimum atomic E-state index is -0.670. The lowest BCUT2D eigenvalue weighted by Gasteiger charge is -2.50. The molecule has 1 atom stereocenters. The van der Waals surface area contributed by atoms with Crippen molar-refractivity contribution < 1.29 is 14.4 Å². The molecule has 1 spiro atoms. The van der Waals surface area contributed by atoms with Crippen LogP contribution in [0.15, 0.2) is 18.2 Å². The van der Waals surface area contributed by atoms with Gasteiger partial charge in [-0.1, -0.05) is 19.3 Å². The first-order chi connectivity index (χ1) is 12.4. The number of amides is 1. The summed E-state index contributed by atoms with van der Waals surface area (Å²) in [7, 11) is 0. The first-order valence-electron chi connectivity index (χ1n) is 9.92. The molecule has 1 aromatic carbocycles. The average molecular weight is 362 g/mol. The van der Waals surface area contributed by atoms with Gasteiger partial charge in [0.05, 0.1) is 0 Å². The molecule has 1 aromatic rings. The molecule has 1 heterocycles. The van der Waals surface area contributed by atoms with Gasteiger partial charge in [0.15, 0.2) is 0 Å². The van der Waals surface area contributed by atoms with E-state index < -0.39 is 11.7 Å². The molecular weight excluding hydrogens is 331 g/mol. The molecule has 26 heavy (non-hydrogen) atoms. The number of benzene rings is 1.